The molecule has 1 fully saturated rings. The molecule has 33 heavy (non-hydrogen) atoms. The van der Waals surface area contributed by atoms with Crippen molar-refractivity contribution in [3.05, 3.63) is 68.4 Å². The molecule has 9 nitrogen and oxygen atoms in total. The van der Waals surface area contributed by atoms with Gasteiger partial charge in [-0.15, -0.1) is 0 Å². The van der Waals surface area contributed by atoms with E-state index in [1.54, 1.807) is 35.9 Å². The van der Waals surface area contributed by atoms with E-state index in [1.807, 2.05) is 26.0 Å². The molecule has 10 heteroatoms. The SMILES string of the molecule is COC(=O)C(C)N1C(=O)SC(=Cc2cc(C)n(-n3c(C)nc4ccccc4c3=O)c2C)C1=O. The molecule has 3 heterocycles. The van der Waals surface area contributed by atoms with Crippen LogP contribution in [-0.4, -0.2) is 49.5 Å². The van der Waals surface area contributed by atoms with E-state index in [0.717, 1.165) is 22.4 Å². The third kappa shape index (κ3) is 3.66. The standard InChI is InChI=1S/C23H22N4O5S/c1-12-10-16(11-19-21(29)25(23(31)33-19)14(3)22(30)32-5)13(2)26(12)27-15(4)24-18-9-7-6-8-17(18)20(27)28/h6-11,14H,1-5H3. The maximum atomic E-state index is 13.2. The first-order valence-corrected chi connectivity index (χ1v) is 11.0. The molecule has 0 radical (unpaired) electrons. The Labute approximate surface area is 193 Å². The summed E-state index contributed by atoms with van der Waals surface area (Å²) in [6.45, 7) is 6.86. The molecule has 1 saturated heterocycles. The second kappa shape index (κ2) is 8.36. The van der Waals surface area contributed by atoms with Crippen LogP contribution in [0, 0.1) is 20.8 Å². The second-order valence-electron chi connectivity index (χ2n) is 7.68. The highest BCUT2D eigenvalue weighted by atomic mass is 32.2. The van der Waals surface area contributed by atoms with Gasteiger partial charge < -0.3 is 4.74 Å². The average molecular weight is 467 g/mol. The van der Waals surface area contributed by atoms with Gasteiger partial charge in [-0.3, -0.25) is 24.0 Å². The van der Waals surface area contributed by atoms with Gasteiger partial charge in [0, 0.05) is 11.4 Å². The summed E-state index contributed by atoms with van der Waals surface area (Å²) in [4.78, 5) is 56.0. The van der Waals surface area contributed by atoms with Crippen LogP contribution < -0.4 is 5.56 Å². The summed E-state index contributed by atoms with van der Waals surface area (Å²) in [5.41, 5.74) is 2.53. The molecule has 2 aromatic heterocycles. The van der Waals surface area contributed by atoms with Gasteiger partial charge >= 0.3 is 5.97 Å². The third-order valence-corrected chi connectivity index (χ3v) is 6.47. The zero-order valence-electron chi connectivity index (χ0n) is 18.8. The molecule has 170 valence electrons. The molecule has 0 bridgehead atoms. The molecule has 1 aromatic carbocycles. The summed E-state index contributed by atoms with van der Waals surface area (Å²) in [6, 6.07) is 7.95. The third-order valence-electron chi connectivity index (χ3n) is 5.59. The van der Waals surface area contributed by atoms with Crippen LogP contribution in [0.25, 0.3) is 17.0 Å². The fraction of sp³-hybridized carbons (Fsp3) is 0.261. The van der Waals surface area contributed by atoms with Crippen molar-refractivity contribution >= 4 is 45.9 Å². The molecule has 0 saturated carbocycles. The number of amides is 2. The van der Waals surface area contributed by atoms with Crippen LogP contribution in [0.3, 0.4) is 0 Å². The highest BCUT2D eigenvalue weighted by molar-refractivity contribution is 8.18. The van der Waals surface area contributed by atoms with Crippen molar-refractivity contribution in [1.29, 1.82) is 0 Å². The maximum Gasteiger partial charge on any atom is 0.328 e. The number of aryl methyl sites for hydroxylation is 2. The van der Waals surface area contributed by atoms with Gasteiger partial charge in [0.15, 0.2) is 0 Å². The number of para-hydroxylation sites is 1. The zero-order valence-corrected chi connectivity index (χ0v) is 19.6. The number of fused-ring (bicyclic) bond motifs is 1. The van der Waals surface area contributed by atoms with Crippen molar-refractivity contribution in [2.45, 2.75) is 33.7 Å². The van der Waals surface area contributed by atoms with E-state index in [9.17, 15) is 19.2 Å². The number of hydrogen-bond acceptors (Lipinski definition) is 7. The van der Waals surface area contributed by atoms with Crippen LogP contribution in [0.5, 0.6) is 0 Å². The molecule has 0 spiro atoms. The van der Waals surface area contributed by atoms with E-state index in [-0.39, 0.29) is 10.5 Å². The summed E-state index contributed by atoms with van der Waals surface area (Å²) < 4.78 is 7.90. The van der Waals surface area contributed by atoms with Gasteiger partial charge in [0.2, 0.25) is 0 Å². The second-order valence-corrected chi connectivity index (χ2v) is 8.68. The minimum atomic E-state index is -1.02. The summed E-state index contributed by atoms with van der Waals surface area (Å²) in [6.07, 6.45) is 1.60. The number of thioether (sulfide) groups is 1. The Bertz CT molecular complexity index is 1420. The monoisotopic (exact) mass is 466 g/mol. The molecule has 1 aliphatic heterocycles. The molecule has 1 aliphatic rings. The van der Waals surface area contributed by atoms with Gasteiger partial charge in [0.25, 0.3) is 16.7 Å². The fourth-order valence-corrected chi connectivity index (χ4v) is 4.83. The number of carbonyl (C=O) groups excluding carboxylic acids is 3. The number of ether oxygens (including phenoxy) is 1. The lowest BCUT2D eigenvalue weighted by Crippen LogP contribution is -2.42. The Balaban J connectivity index is 1.79. The number of methoxy groups -OCH3 is 1. The van der Waals surface area contributed by atoms with Crippen LogP contribution >= 0.6 is 11.8 Å². The molecule has 2 amide bonds. The van der Waals surface area contributed by atoms with Crippen LogP contribution in [0.4, 0.5) is 4.79 Å². The minimum Gasteiger partial charge on any atom is -0.467 e. The number of aromatic nitrogens is 3. The van der Waals surface area contributed by atoms with Crippen molar-refractivity contribution < 1.29 is 19.1 Å². The van der Waals surface area contributed by atoms with E-state index in [1.165, 1.54) is 18.7 Å². The molecule has 0 N–H and O–H groups in total. The van der Waals surface area contributed by atoms with Crippen LogP contribution in [0.1, 0.15) is 29.7 Å². The number of hydrogen-bond donors (Lipinski definition) is 0. The van der Waals surface area contributed by atoms with Crippen LogP contribution in [-0.2, 0) is 14.3 Å². The van der Waals surface area contributed by atoms with E-state index in [4.69, 9.17) is 0 Å². The normalized spacial score (nSPS) is 16.2. The Kier molecular flexibility index (Phi) is 5.71. The van der Waals surface area contributed by atoms with Crippen molar-refractivity contribution in [3.8, 4) is 0 Å². The number of benzene rings is 1. The first-order chi connectivity index (χ1) is 15.6. The van der Waals surface area contributed by atoms with Crippen LogP contribution in [0.2, 0.25) is 0 Å². The molecule has 0 aliphatic carbocycles. The van der Waals surface area contributed by atoms with Crippen molar-refractivity contribution in [3.63, 3.8) is 0 Å². The van der Waals surface area contributed by atoms with E-state index >= 15 is 0 Å². The molecule has 4 rings (SSSR count). The highest BCUT2D eigenvalue weighted by Gasteiger charge is 2.41. The van der Waals surface area contributed by atoms with Gasteiger partial charge in [-0.1, -0.05) is 12.1 Å². The van der Waals surface area contributed by atoms with E-state index in [2.05, 4.69) is 9.72 Å². The number of imide groups is 1. The van der Waals surface area contributed by atoms with E-state index in [0.29, 0.717) is 28.0 Å². The first kappa shape index (κ1) is 22.5. The lowest BCUT2D eigenvalue weighted by Gasteiger charge is -2.18. The lowest BCUT2D eigenvalue weighted by atomic mass is 10.2. The smallest absolute Gasteiger partial charge is 0.328 e. The number of rotatable bonds is 4. The lowest BCUT2D eigenvalue weighted by molar-refractivity contribution is -0.148. The van der Waals surface area contributed by atoms with Crippen molar-refractivity contribution in [2.24, 2.45) is 0 Å². The Morgan fingerprint density at radius 1 is 1.12 bits per heavy atom. The topological polar surface area (TPSA) is 104 Å². The van der Waals surface area contributed by atoms with Gasteiger partial charge in [-0.2, -0.15) is 4.68 Å². The van der Waals surface area contributed by atoms with Gasteiger partial charge in [0.05, 0.1) is 22.9 Å². The fourth-order valence-electron chi connectivity index (χ4n) is 3.93. The van der Waals surface area contributed by atoms with Gasteiger partial charge in [0.1, 0.15) is 11.9 Å². The zero-order chi connectivity index (χ0) is 24.0. The predicted octanol–water partition coefficient (Wildman–Crippen LogP) is 3.03. The summed E-state index contributed by atoms with van der Waals surface area (Å²) in [5, 5.41) is -0.0428. The Hall–Kier alpha value is -3.66. The summed E-state index contributed by atoms with van der Waals surface area (Å²) in [7, 11) is 1.20. The van der Waals surface area contributed by atoms with Crippen molar-refractivity contribution in [1.82, 2.24) is 19.2 Å². The largest absolute Gasteiger partial charge is 0.467 e. The highest BCUT2D eigenvalue weighted by Crippen LogP contribution is 2.34. The van der Waals surface area contributed by atoms with Crippen LogP contribution in [0.15, 0.2) is 40.0 Å². The number of carbonyl (C=O) groups is 3. The summed E-state index contributed by atoms with van der Waals surface area (Å²) in [5.74, 6) is -0.719. The quantitative estimate of drug-likeness (QED) is 0.430. The molecule has 3 aromatic rings. The molecular weight excluding hydrogens is 444 g/mol. The molecule has 1 atom stereocenters. The van der Waals surface area contributed by atoms with Gasteiger partial charge in [-0.25, -0.2) is 9.78 Å². The van der Waals surface area contributed by atoms with Gasteiger partial charge in [-0.05, 0) is 69.3 Å². The van der Waals surface area contributed by atoms with Crippen molar-refractivity contribution in [2.75, 3.05) is 7.11 Å². The first-order valence-electron chi connectivity index (χ1n) is 10.2. The maximum absolute atomic E-state index is 13.2. The molecular formula is C23H22N4O5S. The number of nitrogens with zero attached hydrogens (tertiary/aromatic N) is 4. The number of esters is 1. The summed E-state index contributed by atoms with van der Waals surface area (Å²) >= 11 is 0.761. The average Bonchev–Trinajstić information content (AvgIpc) is 3.21. The Morgan fingerprint density at radius 3 is 2.52 bits per heavy atom. The molecule has 1 unspecified atom stereocenters. The predicted molar refractivity (Wildman–Crippen MR) is 125 cm³/mol. The Morgan fingerprint density at radius 2 is 1.82 bits per heavy atom. The minimum absolute atomic E-state index is 0.191. The van der Waals surface area contributed by atoms with E-state index < -0.39 is 23.2 Å².